The summed E-state index contributed by atoms with van der Waals surface area (Å²) < 4.78 is 13.2. The molecular formula is C25H23Cl3N4O3. The van der Waals surface area contributed by atoms with E-state index in [0.29, 0.717) is 32.9 Å². The van der Waals surface area contributed by atoms with Crippen LogP contribution in [0.4, 0.5) is 5.95 Å². The van der Waals surface area contributed by atoms with Crippen molar-refractivity contribution in [3.8, 4) is 5.75 Å². The molecule has 0 atom stereocenters. The summed E-state index contributed by atoms with van der Waals surface area (Å²) in [5.41, 5.74) is 2.64. The van der Waals surface area contributed by atoms with E-state index in [1.54, 1.807) is 30.3 Å². The third-order valence-electron chi connectivity index (χ3n) is 5.31. The molecule has 2 heterocycles. The lowest BCUT2D eigenvalue weighted by Crippen LogP contribution is -2.12. The van der Waals surface area contributed by atoms with Crippen molar-refractivity contribution in [2.45, 2.75) is 39.8 Å². The number of amides is 1. The third-order valence-corrected chi connectivity index (χ3v) is 6.43. The lowest BCUT2D eigenvalue weighted by atomic mass is 10.0. The van der Waals surface area contributed by atoms with Gasteiger partial charge in [0.15, 0.2) is 5.76 Å². The van der Waals surface area contributed by atoms with E-state index >= 15 is 0 Å². The van der Waals surface area contributed by atoms with Crippen LogP contribution < -0.4 is 10.1 Å². The van der Waals surface area contributed by atoms with Crippen molar-refractivity contribution < 1.29 is 13.9 Å². The van der Waals surface area contributed by atoms with Crippen LogP contribution in [0.2, 0.25) is 15.1 Å². The lowest BCUT2D eigenvalue weighted by molar-refractivity contribution is 0.0991. The minimum atomic E-state index is -0.477. The molecule has 7 nitrogen and oxygen atoms in total. The van der Waals surface area contributed by atoms with Gasteiger partial charge in [-0.15, -0.1) is 5.10 Å². The third kappa shape index (κ3) is 5.99. The molecule has 0 saturated carbocycles. The summed E-state index contributed by atoms with van der Waals surface area (Å²) in [4.78, 5) is 16.7. The second-order valence-corrected chi connectivity index (χ2v) is 9.49. The van der Waals surface area contributed by atoms with Crippen molar-refractivity contribution in [1.82, 2.24) is 14.8 Å². The summed E-state index contributed by atoms with van der Waals surface area (Å²) in [7, 11) is 0. The number of halogens is 3. The maximum Gasteiger partial charge on any atom is 0.293 e. The Morgan fingerprint density at radius 2 is 1.86 bits per heavy atom. The molecule has 182 valence electrons. The molecule has 0 radical (unpaired) electrons. The number of rotatable bonds is 8. The summed E-state index contributed by atoms with van der Waals surface area (Å²) >= 11 is 18.7. The van der Waals surface area contributed by atoms with E-state index < -0.39 is 5.91 Å². The van der Waals surface area contributed by atoms with E-state index in [0.717, 1.165) is 16.9 Å². The molecule has 0 unspecified atom stereocenters. The smallest absolute Gasteiger partial charge is 0.293 e. The van der Waals surface area contributed by atoms with Gasteiger partial charge in [-0.1, -0.05) is 54.7 Å². The largest absolute Gasteiger partial charge is 0.485 e. The summed E-state index contributed by atoms with van der Waals surface area (Å²) in [5.74, 6) is 1.25. The zero-order valence-corrected chi connectivity index (χ0v) is 21.6. The van der Waals surface area contributed by atoms with Gasteiger partial charge < -0.3 is 9.15 Å². The van der Waals surface area contributed by atoms with Gasteiger partial charge in [-0.05, 0) is 60.4 Å². The van der Waals surface area contributed by atoms with Crippen LogP contribution in [0.1, 0.15) is 52.8 Å². The Hall–Kier alpha value is -3.00. The average Bonchev–Trinajstić information content (AvgIpc) is 3.46. The van der Waals surface area contributed by atoms with E-state index in [4.69, 9.17) is 44.0 Å². The molecule has 0 aliphatic carbocycles. The first-order valence-electron chi connectivity index (χ1n) is 10.9. The maximum atomic E-state index is 12.6. The number of ether oxygens (including phenoxy) is 1. The Kier molecular flexibility index (Phi) is 7.69. The molecule has 4 rings (SSSR count). The number of nitrogens with one attached hydrogen (secondary N) is 1. The van der Waals surface area contributed by atoms with Crippen LogP contribution in [0.5, 0.6) is 5.75 Å². The minimum absolute atomic E-state index is 0.116. The first-order valence-corrected chi connectivity index (χ1v) is 12.0. The summed E-state index contributed by atoms with van der Waals surface area (Å²) in [6.07, 6.45) is 1.48. The molecule has 2 aromatic carbocycles. The standard InChI is InChI=1S/C25H23Cl3N4O3/c1-14(2)17-10-21(28)15(3)9-23(17)34-12-16-7-8-22(35-16)24(33)30-25-29-13-32(31-25)11-18-19(26)5-4-6-20(18)27/h4-10,13-14H,11-12H2,1-3H3,(H,30,31,33). The van der Waals surface area contributed by atoms with Crippen molar-refractivity contribution in [3.05, 3.63) is 92.1 Å². The van der Waals surface area contributed by atoms with Crippen LogP contribution in [-0.2, 0) is 13.2 Å². The fourth-order valence-electron chi connectivity index (χ4n) is 3.41. The number of carbonyl (C=O) groups is 1. The molecule has 1 amide bonds. The number of furan rings is 1. The molecule has 35 heavy (non-hydrogen) atoms. The van der Waals surface area contributed by atoms with E-state index in [9.17, 15) is 4.79 Å². The molecule has 0 bridgehead atoms. The number of aromatic nitrogens is 3. The predicted octanol–water partition coefficient (Wildman–Crippen LogP) is 7.14. The molecule has 0 saturated heterocycles. The van der Waals surface area contributed by atoms with Crippen molar-refractivity contribution in [3.63, 3.8) is 0 Å². The summed E-state index contributed by atoms with van der Waals surface area (Å²) in [6.45, 7) is 6.54. The van der Waals surface area contributed by atoms with Gasteiger partial charge in [-0.3, -0.25) is 10.1 Å². The fourth-order valence-corrected chi connectivity index (χ4v) is 4.10. The Labute approximate surface area is 218 Å². The van der Waals surface area contributed by atoms with Crippen LogP contribution in [-0.4, -0.2) is 20.7 Å². The Balaban J connectivity index is 1.39. The van der Waals surface area contributed by atoms with E-state index in [-0.39, 0.29) is 24.2 Å². The molecule has 4 aromatic rings. The normalized spacial score (nSPS) is 11.2. The van der Waals surface area contributed by atoms with Crippen molar-refractivity contribution >= 4 is 46.7 Å². The summed E-state index contributed by atoms with van der Waals surface area (Å²) in [6, 6.07) is 12.4. The Morgan fingerprint density at radius 1 is 1.11 bits per heavy atom. The van der Waals surface area contributed by atoms with Gasteiger partial charge in [0, 0.05) is 20.6 Å². The molecule has 0 fully saturated rings. The maximum absolute atomic E-state index is 12.6. The van der Waals surface area contributed by atoms with Gasteiger partial charge in [0.05, 0.1) is 6.54 Å². The monoisotopic (exact) mass is 532 g/mol. The molecule has 0 aliphatic heterocycles. The number of hydrogen-bond donors (Lipinski definition) is 1. The van der Waals surface area contributed by atoms with Gasteiger partial charge in [0.25, 0.3) is 5.91 Å². The van der Waals surface area contributed by atoms with E-state index in [1.807, 2.05) is 19.1 Å². The number of nitrogens with zero attached hydrogens (tertiary/aromatic N) is 3. The molecular weight excluding hydrogens is 511 g/mol. The first-order chi connectivity index (χ1) is 16.7. The van der Waals surface area contributed by atoms with E-state index in [1.165, 1.54) is 11.0 Å². The average molecular weight is 534 g/mol. The van der Waals surface area contributed by atoms with Gasteiger partial charge in [-0.2, -0.15) is 0 Å². The molecule has 1 N–H and O–H groups in total. The van der Waals surface area contributed by atoms with Crippen LogP contribution in [0.3, 0.4) is 0 Å². The number of hydrogen-bond acceptors (Lipinski definition) is 5. The minimum Gasteiger partial charge on any atom is -0.485 e. The van der Waals surface area contributed by atoms with Crippen LogP contribution in [0.15, 0.2) is 53.2 Å². The number of anilines is 1. The van der Waals surface area contributed by atoms with Crippen LogP contribution in [0.25, 0.3) is 0 Å². The first kappa shape index (κ1) is 25.1. The lowest BCUT2D eigenvalue weighted by Gasteiger charge is -2.15. The highest BCUT2D eigenvalue weighted by Crippen LogP contribution is 2.32. The van der Waals surface area contributed by atoms with Gasteiger partial charge in [0.1, 0.15) is 24.4 Å². The second kappa shape index (κ2) is 10.7. The predicted molar refractivity (Wildman–Crippen MR) is 137 cm³/mol. The van der Waals surface area contributed by atoms with Crippen molar-refractivity contribution in [2.24, 2.45) is 0 Å². The summed E-state index contributed by atoms with van der Waals surface area (Å²) in [5, 5.41) is 8.63. The molecule has 0 spiro atoms. The van der Waals surface area contributed by atoms with Crippen molar-refractivity contribution in [2.75, 3.05) is 5.32 Å². The Bertz CT molecular complexity index is 1340. The van der Waals surface area contributed by atoms with Crippen molar-refractivity contribution in [1.29, 1.82) is 0 Å². The van der Waals surface area contributed by atoms with Crippen LogP contribution >= 0.6 is 34.8 Å². The quantitative estimate of drug-likeness (QED) is 0.260. The number of benzene rings is 2. The second-order valence-electron chi connectivity index (χ2n) is 8.27. The Morgan fingerprint density at radius 3 is 2.57 bits per heavy atom. The zero-order chi connectivity index (χ0) is 25.1. The number of aryl methyl sites for hydroxylation is 1. The number of carbonyl (C=O) groups excluding carboxylic acids is 1. The SMILES string of the molecule is Cc1cc(OCc2ccc(C(=O)Nc3ncn(Cc4c(Cl)cccc4Cl)n3)o2)c(C(C)C)cc1Cl. The topological polar surface area (TPSA) is 82.2 Å². The van der Waals surface area contributed by atoms with Gasteiger partial charge >= 0.3 is 0 Å². The zero-order valence-electron chi connectivity index (χ0n) is 19.3. The highest BCUT2D eigenvalue weighted by molar-refractivity contribution is 6.36. The molecule has 0 aliphatic rings. The van der Waals surface area contributed by atoms with E-state index in [2.05, 4.69) is 29.2 Å². The fraction of sp³-hybridized carbons (Fsp3) is 0.240. The molecule has 10 heteroatoms. The van der Waals surface area contributed by atoms with Gasteiger partial charge in [0.2, 0.25) is 5.95 Å². The highest BCUT2D eigenvalue weighted by Gasteiger charge is 2.16. The van der Waals surface area contributed by atoms with Crippen LogP contribution in [0, 0.1) is 6.92 Å². The van der Waals surface area contributed by atoms with Gasteiger partial charge in [-0.25, -0.2) is 9.67 Å². The highest BCUT2D eigenvalue weighted by atomic mass is 35.5. The molecule has 2 aromatic heterocycles.